The van der Waals surface area contributed by atoms with Gasteiger partial charge in [0.1, 0.15) is 5.82 Å². The molecule has 3 rings (SSSR count). The van der Waals surface area contributed by atoms with Crippen LogP contribution in [-0.2, 0) is 20.8 Å². The summed E-state index contributed by atoms with van der Waals surface area (Å²) in [5, 5.41) is -0.469. The van der Waals surface area contributed by atoms with Crippen molar-refractivity contribution in [2.45, 2.75) is 18.2 Å². The number of methoxy groups -OCH3 is 1. The molecule has 0 amide bonds. The van der Waals surface area contributed by atoms with Gasteiger partial charge in [-0.1, -0.05) is 61.5 Å². The maximum atomic E-state index is 13.2. The highest BCUT2D eigenvalue weighted by atomic mass is 32.2. The van der Waals surface area contributed by atoms with E-state index in [1.165, 1.54) is 31.0 Å². The maximum Gasteiger partial charge on any atom is 0.331 e. The van der Waals surface area contributed by atoms with E-state index >= 15 is 0 Å². The summed E-state index contributed by atoms with van der Waals surface area (Å²) in [6, 6.07) is 21.0. The summed E-state index contributed by atoms with van der Waals surface area (Å²) in [6.45, 7) is 1.95. The molecule has 0 fully saturated rings. The summed E-state index contributed by atoms with van der Waals surface area (Å²) in [5.41, 5.74) is 2.74. The van der Waals surface area contributed by atoms with Crippen molar-refractivity contribution in [3.8, 4) is 11.1 Å². The molecule has 0 N–H and O–H groups in total. The van der Waals surface area contributed by atoms with Gasteiger partial charge in [0.25, 0.3) is 0 Å². The molecule has 8 heteroatoms. The Morgan fingerprint density at radius 2 is 1.59 bits per heavy atom. The molecule has 5 nitrogen and oxygen atoms in total. The van der Waals surface area contributed by atoms with Crippen molar-refractivity contribution >= 4 is 34.7 Å². The average Bonchev–Trinajstić information content (AvgIpc) is 2.82. The molecular formula is C24H23FNO4S2-. The van der Waals surface area contributed by atoms with E-state index in [2.05, 4.69) is 0 Å². The smallest absolute Gasteiger partial charge is 0.331 e. The number of ether oxygens (including phenoxy) is 1. The number of nitrogens with zero attached hydrogens (tertiary/aromatic N) is 1. The third-order valence-electron chi connectivity index (χ3n) is 4.92. The third-order valence-corrected chi connectivity index (χ3v) is 6.90. The van der Waals surface area contributed by atoms with E-state index in [-0.39, 0.29) is 5.82 Å². The Labute approximate surface area is 194 Å². The Morgan fingerprint density at radius 3 is 2.09 bits per heavy atom. The van der Waals surface area contributed by atoms with Gasteiger partial charge in [0.2, 0.25) is 0 Å². The van der Waals surface area contributed by atoms with Crippen LogP contribution in [0.4, 0.5) is 10.1 Å². The largest absolute Gasteiger partial charge is 0.755 e. The van der Waals surface area contributed by atoms with E-state index in [4.69, 9.17) is 4.74 Å². The van der Waals surface area contributed by atoms with Crippen LogP contribution >= 0.6 is 11.8 Å². The maximum absolute atomic E-state index is 13.2. The monoisotopic (exact) mass is 472 g/mol. The molecule has 0 bridgehead atoms. The van der Waals surface area contributed by atoms with E-state index in [0.717, 1.165) is 21.0 Å². The molecule has 0 heterocycles. The Morgan fingerprint density at radius 1 is 1.03 bits per heavy atom. The molecule has 0 aliphatic carbocycles. The molecule has 0 saturated carbocycles. The number of thioether (sulfide) groups is 1. The van der Waals surface area contributed by atoms with Crippen LogP contribution in [0, 0.1) is 5.82 Å². The van der Waals surface area contributed by atoms with E-state index in [1.54, 1.807) is 36.4 Å². The van der Waals surface area contributed by atoms with Gasteiger partial charge < -0.3 is 9.29 Å². The van der Waals surface area contributed by atoms with Gasteiger partial charge in [-0.05, 0) is 46.7 Å². The lowest BCUT2D eigenvalue weighted by molar-refractivity contribution is -0.142. The highest BCUT2D eigenvalue weighted by Crippen LogP contribution is 2.38. The zero-order chi connectivity index (χ0) is 23.1. The second-order valence-electron chi connectivity index (χ2n) is 6.85. The summed E-state index contributed by atoms with van der Waals surface area (Å²) in [7, 11) is 1.25. The van der Waals surface area contributed by atoms with Gasteiger partial charge in [-0.25, -0.2) is 9.18 Å². The van der Waals surface area contributed by atoms with Crippen LogP contribution in [0.3, 0.4) is 0 Å². The molecule has 3 aromatic rings. The number of halogens is 1. The van der Waals surface area contributed by atoms with Crippen molar-refractivity contribution in [2.24, 2.45) is 0 Å². The van der Waals surface area contributed by atoms with Crippen molar-refractivity contribution < 1.29 is 22.7 Å². The van der Waals surface area contributed by atoms with Gasteiger partial charge in [0.05, 0.1) is 12.4 Å². The van der Waals surface area contributed by atoms with Gasteiger partial charge in [-0.3, -0.25) is 8.51 Å². The minimum Gasteiger partial charge on any atom is -0.755 e. The van der Waals surface area contributed by atoms with Crippen LogP contribution in [0.25, 0.3) is 11.1 Å². The fourth-order valence-electron chi connectivity index (χ4n) is 3.44. The predicted octanol–water partition coefficient (Wildman–Crippen LogP) is 5.13. The second kappa shape index (κ2) is 11.3. The van der Waals surface area contributed by atoms with Crippen molar-refractivity contribution in [3.63, 3.8) is 0 Å². The number of hydrogen-bond acceptors (Lipinski definition) is 5. The first-order chi connectivity index (χ1) is 15.5. The molecular weight excluding hydrogens is 449 g/mol. The lowest BCUT2D eigenvalue weighted by atomic mass is 10.0. The van der Waals surface area contributed by atoms with Crippen LogP contribution in [0.15, 0.2) is 78.9 Å². The number of carbonyl (C=O) groups is 1. The molecule has 0 aliphatic rings. The van der Waals surface area contributed by atoms with Crippen LogP contribution < -0.4 is 4.31 Å². The summed E-state index contributed by atoms with van der Waals surface area (Å²) >= 11 is -1.27. The first kappa shape index (κ1) is 24.0. The Balaban J connectivity index is 2.03. The Hall–Kier alpha value is -2.68. The molecule has 32 heavy (non-hydrogen) atoms. The van der Waals surface area contributed by atoms with Crippen molar-refractivity contribution in [1.82, 2.24) is 0 Å². The fourth-order valence-corrected chi connectivity index (χ4v) is 5.33. The van der Waals surface area contributed by atoms with Gasteiger partial charge in [-0.15, -0.1) is 0 Å². The van der Waals surface area contributed by atoms with E-state index in [9.17, 15) is 17.9 Å². The standard InChI is InChI=1S/C24H24FNO4S2/c1-3-31-23(19-7-5-4-6-8-19)22(24(27)30-2)26(32(28)29)21-15-11-18(12-16-21)17-9-13-20(25)14-10-17/h4-16,22-23H,3H2,1-2H3,(H,28,29)/p-1. The molecule has 3 aromatic carbocycles. The molecule has 0 spiro atoms. The van der Waals surface area contributed by atoms with Gasteiger partial charge in [0.15, 0.2) is 6.04 Å². The van der Waals surface area contributed by atoms with Crippen molar-refractivity contribution in [2.75, 3.05) is 17.2 Å². The molecule has 0 aliphatic heterocycles. The minimum absolute atomic E-state index is 0.331. The SMILES string of the molecule is CCSC(c1ccccc1)C(C(=O)OC)N(c1ccc(-c2ccc(F)cc2)cc1)S(=O)[O-]. The molecule has 168 valence electrons. The van der Waals surface area contributed by atoms with Crippen LogP contribution in [-0.4, -0.2) is 33.6 Å². The number of hydrogen-bond donors (Lipinski definition) is 0. The lowest BCUT2D eigenvalue weighted by Crippen LogP contribution is -2.46. The van der Waals surface area contributed by atoms with Crippen LogP contribution in [0.5, 0.6) is 0 Å². The lowest BCUT2D eigenvalue weighted by Gasteiger charge is -2.37. The van der Waals surface area contributed by atoms with Crippen molar-refractivity contribution in [3.05, 3.63) is 90.2 Å². The van der Waals surface area contributed by atoms with Crippen LogP contribution in [0.1, 0.15) is 17.7 Å². The number of rotatable bonds is 9. The summed E-state index contributed by atoms with van der Waals surface area (Å²) in [5.74, 6) is -0.304. The second-order valence-corrected chi connectivity index (χ2v) is 9.10. The summed E-state index contributed by atoms with van der Waals surface area (Å²) < 4.78 is 44.0. The van der Waals surface area contributed by atoms with E-state index in [0.29, 0.717) is 11.4 Å². The fraction of sp³-hybridized carbons (Fsp3) is 0.208. The quantitative estimate of drug-likeness (QED) is 0.319. The number of esters is 1. The zero-order valence-electron chi connectivity index (χ0n) is 17.6. The molecule has 3 atom stereocenters. The minimum atomic E-state index is -2.74. The molecule has 0 saturated heterocycles. The van der Waals surface area contributed by atoms with Gasteiger partial charge in [0, 0.05) is 17.0 Å². The number of anilines is 1. The average molecular weight is 473 g/mol. The molecule has 0 aromatic heterocycles. The van der Waals surface area contributed by atoms with Crippen molar-refractivity contribution in [1.29, 1.82) is 0 Å². The highest BCUT2D eigenvalue weighted by Gasteiger charge is 2.37. The highest BCUT2D eigenvalue weighted by molar-refractivity contribution is 7.99. The Bertz CT molecular complexity index is 1050. The van der Waals surface area contributed by atoms with Crippen LogP contribution in [0.2, 0.25) is 0 Å². The first-order valence-corrected chi connectivity index (χ1v) is 12.0. The normalized spacial score (nSPS) is 13.8. The van der Waals surface area contributed by atoms with Gasteiger partial charge >= 0.3 is 5.97 Å². The Kier molecular flexibility index (Phi) is 8.44. The zero-order valence-corrected chi connectivity index (χ0v) is 19.3. The number of benzene rings is 3. The predicted molar refractivity (Wildman–Crippen MR) is 126 cm³/mol. The van der Waals surface area contributed by atoms with E-state index < -0.39 is 28.5 Å². The van der Waals surface area contributed by atoms with Gasteiger partial charge in [-0.2, -0.15) is 11.8 Å². The third kappa shape index (κ3) is 5.56. The summed E-state index contributed by atoms with van der Waals surface area (Å²) in [6.07, 6.45) is 0. The van der Waals surface area contributed by atoms with E-state index in [1.807, 2.05) is 37.3 Å². The summed E-state index contributed by atoms with van der Waals surface area (Å²) in [4.78, 5) is 12.9. The molecule has 0 radical (unpaired) electrons. The topological polar surface area (TPSA) is 69.7 Å². The molecule has 3 unspecified atom stereocenters. The number of carbonyl (C=O) groups excluding carboxylic acids is 1. The first-order valence-electron chi connectivity index (χ1n) is 9.95.